The topological polar surface area (TPSA) is 36.1 Å². The molecule has 0 aromatic carbocycles. The van der Waals surface area contributed by atoms with Crippen LogP contribution in [-0.4, -0.2) is 10.8 Å². The van der Waals surface area contributed by atoms with Gasteiger partial charge in [-0.2, -0.15) is 0 Å². The van der Waals surface area contributed by atoms with Crippen LogP contribution in [0.4, 0.5) is 0 Å². The fraction of sp³-hybridized carbons (Fsp3) is 0.750. The Morgan fingerprint density at radius 1 is 1.50 bits per heavy atom. The zero-order valence-corrected chi connectivity index (χ0v) is 5.72. The molecule has 0 aliphatic carbocycles. The van der Waals surface area contributed by atoms with Crippen molar-refractivity contribution in [2.45, 2.75) is 19.5 Å². The van der Waals surface area contributed by atoms with Crippen molar-refractivity contribution < 1.29 is 0 Å². The molecule has 1 saturated heterocycles. The fourth-order valence-electron chi connectivity index (χ4n) is 0.559. The Kier molecular flexibility index (Phi) is 1.13. The summed E-state index contributed by atoms with van der Waals surface area (Å²) >= 11 is 4.78. The highest BCUT2D eigenvalue weighted by molar-refractivity contribution is 7.80. The van der Waals surface area contributed by atoms with Gasteiger partial charge in [0.1, 0.15) is 5.66 Å². The van der Waals surface area contributed by atoms with E-state index in [1.165, 1.54) is 0 Å². The highest BCUT2D eigenvalue weighted by Gasteiger charge is 2.23. The summed E-state index contributed by atoms with van der Waals surface area (Å²) < 4.78 is 0. The fourth-order valence-corrected chi connectivity index (χ4v) is 0.866. The van der Waals surface area contributed by atoms with E-state index >= 15 is 0 Å². The summed E-state index contributed by atoms with van der Waals surface area (Å²) in [6.07, 6.45) is 0. The van der Waals surface area contributed by atoms with Crippen LogP contribution in [-0.2, 0) is 0 Å². The average Bonchev–Trinajstić information content (AvgIpc) is 1.82. The van der Waals surface area contributed by atoms with Gasteiger partial charge in [0.25, 0.3) is 0 Å². The van der Waals surface area contributed by atoms with Gasteiger partial charge < -0.3 is 5.32 Å². The van der Waals surface area contributed by atoms with Crippen molar-refractivity contribution in [3.8, 4) is 0 Å². The lowest BCUT2D eigenvalue weighted by molar-refractivity contribution is 0.396. The molecule has 0 aromatic heterocycles. The predicted octanol–water partition coefficient (Wildman–Crippen LogP) is -0.295. The molecule has 0 saturated carbocycles. The van der Waals surface area contributed by atoms with Gasteiger partial charge in [0.05, 0.1) is 0 Å². The van der Waals surface area contributed by atoms with Crippen LogP contribution in [0.2, 0.25) is 0 Å². The van der Waals surface area contributed by atoms with Gasteiger partial charge in [-0.15, -0.1) is 0 Å². The molecule has 1 aliphatic rings. The van der Waals surface area contributed by atoms with Crippen molar-refractivity contribution in [3.05, 3.63) is 0 Å². The molecule has 0 unspecified atom stereocenters. The Labute approximate surface area is 53.8 Å². The van der Waals surface area contributed by atoms with Crippen LogP contribution < -0.4 is 16.2 Å². The number of thiocarbonyl (C=S) groups is 1. The predicted molar refractivity (Wildman–Crippen MR) is 36.1 cm³/mol. The molecule has 3 N–H and O–H groups in total. The number of nitrogens with one attached hydrogen (secondary N) is 3. The molecular weight excluding hydrogens is 122 g/mol. The molecule has 1 fully saturated rings. The van der Waals surface area contributed by atoms with Crippen molar-refractivity contribution in [1.82, 2.24) is 16.2 Å². The summed E-state index contributed by atoms with van der Waals surface area (Å²) in [5.41, 5.74) is 5.64. The normalized spacial score (nSPS) is 24.5. The molecule has 0 atom stereocenters. The van der Waals surface area contributed by atoms with Crippen LogP contribution in [0.1, 0.15) is 13.8 Å². The first-order valence-corrected chi connectivity index (χ1v) is 2.86. The monoisotopic (exact) mass is 131 g/mol. The molecule has 0 amide bonds. The standard InChI is InChI=1S/C4H9N3S/c1-4(2)5-3(8)6-7-4/h7H,1-2H3,(H2,5,6,8). The van der Waals surface area contributed by atoms with Gasteiger partial charge in [-0.05, 0) is 26.1 Å². The average molecular weight is 131 g/mol. The lowest BCUT2D eigenvalue weighted by atomic mass is 10.3. The lowest BCUT2D eigenvalue weighted by Gasteiger charge is -2.15. The Hall–Kier alpha value is -0.350. The number of rotatable bonds is 0. The Balaban J connectivity index is 2.56. The highest BCUT2D eigenvalue weighted by atomic mass is 32.1. The first kappa shape index (κ1) is 5.78. The second-order valence-corrected chi connectivity index (χ2v) is 2.74. The highest BCUT2D eigenvalue weighted by Crippen LogP contribution is 1.97. The van der Waals surface area contributed by atoms with Crippen LogP contribution in [0, 0.1) is 0 Å². The molecule has 1 aliphatic heterocycles. The van der Waals surface area contributed by atoms with Gasteiger partial charge >= 0.3 is 0 Å². The van der Waals surface area contributed by atoms with Gasteiger partial charge in [0, 0.05) is 0 Å². The molecule has 0 radical (unpaired) electrons. The molecule has 8 heavy (non-hydrogen) atoms. The van der Waals surface area contributed by atoms with Crippen LogP contribution >= 0.6 is 12.2 Å². The Morgan fingerprint density at radius 2 is 2.12 bits per heavy atom. The lowest BCUT2D eigenvalue weighted by Crippen LogP contribution is -2.44. The van der Waals surface area contributed by atoms with E-state index in [9.17, 15) is 0 Å². The van der Waals surface area contributed by atoms with E-state index in [4.69, 9.17) is 12.2 Å². The van der Waals surface area contributed by atoms with E-state index in [0.29, 0.717) is 5.11 Å². The Bertz CT molecular complexity index is 120. The summed E-state index contributed by atoms with van der Waals surface area (Å²) in [4.78, 5) is 0. The van der Waals surface area contributed by atoms with Gasteiger partial charge in [-0.1, -0.05) is 0 Å². The molecule has 1 rings (SSSR count). The smallest absolute Gasteiger partial charge is 0.182 e. The van der Waals surface area contributed by atoms with E-state index < -0.39 is 0 Å². The number of hydrogen-bond donors (Lipinski definition) is 3. The zero-order chi connectivity index (χ0) is 6.20. The summed E-state index contributed by atoms with van der Waals surface area (Å²) in [6, 6.07) is 0. The van der Waals surface area contributed by atoms with Crippen molar-refractivity contribution in [2.75, 3.05) is 0 Å². The first-order chi connectivity index (χ1) is 3.60. The molecule has 3 nitrogen and oxygen atoms in total. The molecule has 4 heteroatoms. The number of hydrogen-bond acceptors (Lipinski definition) is 2. The first-order valence-electron chi connectivity index (χ1n) is 2.45. The Morgan fingerprint density at radius 3 is 2.25 bits per heavy atom. The van der Waals surface area contributed by atoms with E-state index in [1.54, 1.807) is 0 Å². The van der Waals surface area contributed by atoms with Gasteiger partial charge in [-0.3, -0.25) is 5.43 Å². The van der Waals surface area contributed by atoms with Crippen LogP contribution in [0.15, 0.2) is 0 Å². The van der Waals surface area contributed by atoms with E-state index in [2.05, 4.69) is 16.2 Å². The van der Waals surface area contributed by atoms with Gasteiger partial charge in [0.2, 0.25) is 0 Å². The maximum Gasteiger partial charge on any atom is 0.182 e. The van der Waals surface area contributed by atoms with Crippen LogP contribution in [0.5, 0.6) is 0 Å². The second-order valence-electron chi connectivity index (χ2n) is 2.33. The minimum atomic E-state index is -0.0862. The molecular formula is C4H9N3S. The third-order valence-electron chi connectivity index (χ3n) is 0.915. The number of hydrazine groups is 1. The van der Waals surface area contributed by atoms with Crippen LogP contribution in [0.25, 0.3) is 0 Å². The van der Waals surface area contributed by atoms with Crippen molar-refractivity contribution >= 4 is 17.3 Å². The maximum absolute atomic E-state index is 4.78. The van der Waals surface area contributed by atoms with E-state index in [0.717, 1.165) is 0 Å². The SMILES string of the molecule is CC1(C)NNC(=S)N1. The third-order valence-corrected chi connectivity index (χ3v) is 1.12. The van der Waals surface area contributed by atoms with Crippen molar-refractivity contribution in [3.63, 3.8) is 0 Å². The van der Waals surface area contributed by atoms with E-state index in [1.807, 2.05) is 13.8 Å². The largest absolute Gasteiger partial charge is 0.343 e. The molecule has 0 bridgehead atoms. The summed E-state index contributed by atoms with van der Waals surface area (Å²) in [6.45, 7) is 4.00. The molecule has 0 spiro atoms. The summed E-state index contributed by atoms with van der Waals surface area (Å²) in [7, 11) is 0. The zero-order valence-electron chi connectivity index (χ0n) is 4.91. The summed E-state index contributed by atoms with van der Waals surface area (Å²) in [5.74, 6) is 0. The molecule has 1 heterocycles. The maximum atomic E-state index is 4.78. The van der Waals surface area contributed by atoms with Crippen LogP contribution in [0.3, 0.4) is 0 Å². The molecule has 46 valence electrons. The summed E-state index contributed by atoms with van der Waals surface area (Å²) in [5, 5.41) is 3.66. The third kappa shape index (κ3) is 1.08. The quantitative estimate of drug-likeness (QED) is 0.395. The van der Waals surface area contributed by atoms with Gasteiger partial charge in [-0.25, -0.2) is 5.43 Å². The second kappa shape index (κ2) is 1.56. The minimum absolute atomic E-state index is 0.0862. The van der Waals surface area contributed by atoms with E-state index in [-0.39, 0.29) is 5.66 Å². The minimum Gasteiger partial charge on any atom is -0.343 e. The van der Waals surface area contributed by atoms with Crippen molar-refractivity contribution in [2.24, 2.45) is 0 Å². The van der Waals surface area contributed by atoms with Gasteiger partial charge in [0.15, 0.2) is 5.11 Å². The molecule has 0 aromatic rings. The van der Waals surface area contributed by atoms with Crippen molar-refractivity contribution in [1.29, 1.82) is 0 Å².